The van der Waals surface area contributed by atoms with Gasteiger partial charge in [0.1, 0.15) is 11.6 Å². The molecule has 0 aliphatic carbocycles. The topological polar surface area (TPSA) is 64.6 Å². The third-order valence-electron chi connectivity index (χ3n) is 6.12. The first kappa shape index (κ1) is 22.2. The van der Waals surface area contributed by atoms with E-state index in [1.54, 1.807) is 26.1 Å². The number of halogens is 3. The van der Waals surface area contributed by atoms with Gasteiger partial charge in [-0.2, -0.15) is 18.4 Å². The molecule has 1 saturated heterocycles. The molecular weight excluding hydrogens is 417 g/mol. The number of rotatable bonds is 4. The number of aromatic nitrogens is 2. The van der Waals surface area contributed by atoms with E-state index in [1.165, 1.54) is 10.6 Å². The number of imidazole rings is 1. The molecule has 1 aliphatic rings. The van der Waals surface area contributed by atoms with Crippen LogP contribution < -0.4 is 4.90 Å². The van der Waals surface area contributed by atoms with Gasteiger partial charge in [-0.15, -0.1) is 0 Å². The first-order valence-corrected chi connectivity index (χ1v) is 10.6. The van der Waals surface area contributed by atoms with Crippen LogP contribution in [-0.2, 0) is 12.0 Å². The first-order chi connectivity index (χ1) is 15.1. The molecule has 3 aromatic rings. The number of pyridine rings is 1. The monoisotopic (exact) mass is 442 g/mol. The van der Waals surface area contributed by atoms with E-state index in [9.17, 15) is 23.5 Å². The number of nitriles is 1. The maximum Gasteiger partial charge on any atom is 0.394 e. The highest BCUT2D eigenvalue weighted by molar-refractivity contribution is 5.71. The van der Waals surface area contributed by atoms with Gasteiger partial charge in [0.25, 0.3) is 0 Å². The molecule has 4 rings (SSSR count). The van der Waals surface area contributed by atoms with Crippen molar-refractivity contribution in [1.29, 1.82) is 5.26 Å². The minimum atomic E-state index is -4.34. The Morgan fingerprint density at radius 3 is 2.47 bits per heavy atom. The van der Waals surface area contributed by atoms with Crippen molar-refractivity contribution in [3.8, 4) is 6.07 Å². The smallest absolute Gasteiger partial charge is 0.386 e. The molecule has 5 nitrogen and oxygen atoms in total. The maximum absolute atomic E-state index is 12.8. The quantitative estimate of drug-likeness (QED) is 0.623. The molecular formula is C24H25F3N4O. The molecule has 1 N–H and O–H groups in total. The lowest BCUT2D eigenvalue weighted by Gasteiger charge is -2.36. The molecule has 1 fully saturated rings. The van der Waals surface area contributed by atoms with Crippen LogP contribution in [0.25, 0.3) is 5.65 Å². The number of benzene rings is 1. The van der Waals surface area contributed by atoms with E-state index in [0.29, 0.717) is 18.8 Å². The summed E-state index contributed by atoms with van der Waals surface area (Å²) >= 11 is 0. The number of hydrogen-bond acceptors (Lipinski definition) is 4. The Morgan fingerprint density at radius 2 is 1.84 bits per heavy atom. The summed E-state index contributed by atoms with van der Waals surface area (Å²) in [5.41, 5.74) is 2.38. The number of anilines is 1. The molecule has 0 unspecified atom stereocenters. The van der Waals surface area contributed by atoms with Crippen molar-refractivity contribution in [1.82, 2.24) is 9.38 Å². The van der Waals surface area contributed by atoms with Gasteiger partial charge in [0.05, 0.1) is 23.4 Å². The minimum absolute atomic E-state index is 0.0116. The third kappa shape index (κ3) is 4.30. The lowest BCUT2D eigenvalue weighted by Crippen LogP contribution is -2.34. The highest BCUT2D eigenvalue weighted by Crippen LogP contribution is 2.37. The number of hydrogen-bond donors (Lipinski definition) is 1. The first-order valence-electron chi connectivity index (χ1n) is 10.6. The molecule has 0 bridgehead atoms. The summed E-state index contributed by atoms with van der Waals surface area (Å²) in [6.07, 6.45) is -0.997. The summed E-state index contributed by atoms with van der Waals surface area (Å²) in [5, 5.41) is 20.3. The second-order valence-corrected chi connectivity index (χ2v) is 8.83. The van der Waals surface area contributed by atoms with Crippen LogP contribution in [0.15, 0.2) is 42.7 Å². The molecule has 0 atom stereocenters. The van der Waals surface area contributed by atoms with E-state index in [4.69, 9.17) is 0 Å². The van der Waals surface area contributed by atoms with Gasteiger partial charge in [0.15, 0.2) is 5.65 Å². The van der Waals surface area contributed by atoms with Gasteiger partial charge >= 0.3 is 6.18 Å². The van der Waals surface area contributed by atoms with Gasteiger partial charge in [-0.1, -0.05) is 24.3 Å². The van der Waals surface area contributed by atoms with Crippen LogP contribution in [0.4, 0.5) is 18.9 Å². The van der Waals surface area contributed by atoms with Gasteiger partial charge in [0, 0.05) is 25.5 Å². The van der Waals surface area contributed by atoms with Crippen LogP contribution in [0.1, 0.15) is 55.0 Å². The van der Waals surface area contributed by atoms with Gasteiger partial charge in [-0.3, -0.25) is 0 Å². The fourth-order valence-corrected chi connectivity index (χ4v) is 4.64. The largest absolute Gasteiger partial charge is 0.394 e. The lowest BCUT2D eigenvalue weighted by atomic mass is 9.82. The standard InChI is InChI=1S/C24H25F3N4O/c1-23(2,32)20-6-4-3-5-18(20)16-7-10-30(11-8-16)21-9-12-31-17(13-24(25,26)27)15-29-22(31)19(21)14-28/h3-6,9,12,15-16,32H,7-8,10-11,13H2,1-2H3. The summed E-state index contributed by atoms with van der Waals surface area (Å²) in [6.45, 7) is 4.97. The zero-order valence-corrected chi connectivity index (χ0v) is 18.0. The summed E-state index contributed by atoms with van der Waals surface area (Å²) in [6, 6.07) is 11.8. The van der Waals surface area contributed by atoms with Crippen LogP contribution >= 0.6 is 0 Å². The van der Waals surface area contributed by atoms with E-state index < -0.39 is 18.2 Å². The Kier molecular flexibility index (Phi) is 5.63. The summed E-state index contributed by atoms with van der Waals surface area (Å²) in [4.78, 5) is 6.21. The second kappa shape index (κ2) is 8.14. The van der Waals surface area contributed by atoms with Crippen molar-refractivity contribution in [2.45, 2.75) is 50.8 Å². The maximum atomic E-state index is 12.8. The van der Waals surface area contributed by atoms with Crippen molar-refractivity contribution < 1.29 is 18.3 Å². The second-order valence-electron chi connectivity index (χ2n) is 8.83. The summed E-state index contributed by atoms with van der Waals surface area (Å²) in [5.74, 6) is 0.285. The molecule has 0 radical (unpaired) electrons. The average molecular weight is 442 g/mol. The third-order valence-corrected chi connectivity index (χ3v) is 6.12. The molecule has 0 amide bonds. The van der Waals surface area contributed by atoms with E-state index in [-0.39, 0.29) is 22.8 Å². The Hall–Kier alpha value is -3.05. The predicted octanol–water partition coefficient (Wildman–Crippen LogP) is 4.92. The molecule has 168 valence electrons. The Bertz CT molecular complexity index is 1160. The van der Waals surface area contributed by atoms with Gasteiger partial charge in [-0.05, 0) is 49.8 Å². The van der Waals surface area contributed by atoms with E-state index in [2.05, 4.69) is 22.0 Å². The van der Waals surface area contributed by atoms with Gasteiger partial charge in [0.2, 0.25) is 0 Å². The van der Waals surface area contributed by atoms with Crippen LogP contribution in [0.5, 0.6) is 0 Å². The zero-order chi connectivity index (χ0) is 23.1. The Balaban J connectivity index is 1.58. The molecule has 3 heterocycles. The number of fused-ring (bicyclic) bond motifs is 1. The fourth-order valence-electron chi connectivity index (χ4n) is 4.64. The molecule has 8 heteroatoms. The summed E-state index contributed by atoms with van der Waals surface area (Å²) < 4.78 is 39.9. The van der Waals surface area contributed by atoms with Gasteiger partial charge in [-0.25, -0.2) is 4.98 Å². The predicted molar refractivity (Wildman–Crippen MR) is 116 cm³/mol. The minimum Gasteiger partial charge on any atom is -0.386 e. The Labute approximate surface area is 184 Å². The van der Waals surface area contributed by atoms with Crippen molar-refractivity contribution >= 4 is 11.3 Å². The molecule has 1 aromatic carbocycles. The molecule has 1 aliphatic heterocycles. The van der Waals surface area contributed by atoms with Crippen LogP contribution in [0.2, 0.25) is 0 Å². The molecule has 2 aromatic heterocycles. The number of alkyl halides is 3. The number of aliphatic hydroxyl groups is 1. The van der Waals surface area contributed by atoms with Crippen molar-refractivity contribution in [2.24, 2.45) is 0 Å². The van der Waals surface area contributed by atoms with Crippen LogP contribution in [0.3, 0.4) is 0 Å². The Morgan fingerprint density at radius 1 is 1.16 bits per heavy atom. The van der Waals surface area contributed by atoms with Crippen molar-refractivity contribution in [3.63, 3.8) is 0 Å². The SMILES string of the molecule is CC(C)(O)c1ccccc1C1CCN(c2ccn3c(CC(F)(F)F)cnc3c2C#N)CC1. The van der Waals surface area contributed by atoms with E-state index >= 15 is 0 Å². The van der Waals surface area contributed by atoms with Gasteiger partial charge < -0.3 is 14.4 Å². The highest BCUT2D eigenvalue weighted by Gasteiger charge is 2.31. The lowest BCUT2D eigenvalue weighted by molar-refractivity contribution is -0.127. The highest BCUT2D eigenvalue weighted by atomic mass is 19.4. The number of piperidine rings is 1. The average Bonchev–Trinajstić information content (AvgIpc) is 3.14. The normalized spacial score (nSPS) is 15.8. The summed E-state index contributed by atoms with van der Waals surface area (Å²) in [7, 11) is 0. The molecule has 32 heavy (non-hydrogen) atoms. The zero-order valence-electron chi connectivity index (χ0n) is 18.0. The van der Waals surface area contributed by atoms with Crippen molar-refractivity contribution in [3.05, 3.63) is 65.1 Å². The van der Waals surface area contributed by atoms with Crippen LogP contribution in [0, 0.1) is 11.3 Å². The van der Waals surface area contributed by atoms with Crippen molar-refractivity contribution in [2.75, 3.05) is 18.0 Å². The fraction of sp³-hybridized carbons (Fsp3) is 0.417. The number of nitrogens with zero attached hydrogens (tertiary/aromatic N) is 4. The van der Waals surface area contributed by atoms with E-state index in [0.717, 1.165) is 24.0 Å². The van der Waals surface area contributed by atoms with E-state index in [1.807, 2.05) is 18.2 Å². The molecule has 0 saturated carbocycles. The van der Waals surface area contributed by atoms with Crippen LogP contribution in [-0.4, -0.2) is 33.8 Å². The molecule has 0 spiro atoms.